The van der Waals surface area contributed by atoms with E-state index in [1.54, 1.807) is 0 Å². The first-order valence-corrected chi connectivity index (χ1v) is 17.3. The first kappa shape index (κ1) is 37.3. The Kier molecular flexibility index (Phi) is 17.5. The van der Waals surface area contributed by atoms with E-state index in [1.165, 1.54) is 5.56 Å². The summed E-state index contributed by atoms with van der Waals surface area (Å²) in [6, 6.07) is 10.2. The van der Waals surface area contributed by atoms with Crippen molar-refractivity contribution >= 4 is 19.0 Å². The summed E-state index contributed by atoms with van der Waals surface area (Å²) in [5, 5.41) is 12.4. The lowest BCUT2D eigenvalue weighted by Gasteiger charge is -2.27. The van der Waals surface area contributed by atoms with Gasteiger partial charge in [0.2, 0.25) is 5.91 Å². The summed E-state index contributed by atoms with van der Waals surface area (Å²) in [5.74, 6) is 0.212. The van der Waals surface area contributed by atoms with Crippen LogP contribution in [0.4, 0.5) is 0 Å². The lowest BCUT2D eigenvalue weighted by atomic mass is 9.80. The number of nitrogens with zero attached hydrogens (tertiary/aromatic N) is 1. The van der Waals surface area contributed by atoms with Gasteiger partial charge in [-0.25, -0.2) is 0 Å². The van der Waals surface area contributed by atoms with Crippen LogP contribution in [0.3, 0.4) is 0 Å². The third-order valence-corrected chi connectivity index (χ3v) is 8.65. The van der Waals surface area contributed by atoms with Crippen molar-refractivity contribution in [3.63, 3.8) is 0 Å². The van der Waals surface area contributed by atoms with E-state index in [9.17, 15) is 19.7 Å². The third kappa shape index (κ3) is 14.1. The predicted molar refractivity (Wildman–Crippen MR) is 178 cm³/mol. The molecule has 2 bridgehead atoms. The fraction of sp³-hybridized carbons (Fsp3) is 0.657. The maximum absolute atomic E-state index is 12.8. The molecule has 1 aromatic rings. The number of hydrogen-bond donors (Lipinski definition) is 1. The van der Waals surface area contributed by atoms with Crippen molar-refractivity contribution in [2.75, 3.05) is 13.2 Å². The number of amides is 1. The van der Waals surface area contributed by atoms with Crippen LogP contribution in [0.1, 0.15) is 96.5 Å². The number of rotatable bonds is 23. The van der Waals surface area contributed by atoms with Crippen molar-refractivity contribution in [2.45, 2.75) is 122 Å². The maximum atomic E-state index is 12.8. The minimum Gasteiger partial charge on any atom is -0.458 e. The van der Waals surface area contributed by atoms with Crippen molar-refractivity contribution < 1.29 is 33.6 Å². The molecule has 0 spiro atoms. The number of carbonyl (C=O) groups excluding carboxylic acids is 2. The van der Waals surface area contributed by atoms with Crippen LogP contribution in [-0.4, -0.2) is 55.5 Å². The number of benzene rings is 1. The first-order chi connectivity index (χ1) is 22.4. The average molecular weight is 641 g/mol. The molecule has 0 aromatic heterocycles. The van der Waals surface area contributed by atoms with E-state index in [-0.39, 0.29) is 62.2 Å². The molecular weight excluding hydrogens is 587 g/mol. The van der Waals surface area contributed by atoms with Gasteiger partial charge in [-0.2, -0.15) is 0 Å². The molecule has 1 aromatic carbocycles. The molecule has 2 aliphatic rings. The normalized spacial score (nSPS) is 21.5. The molecule has 254 valence electrons. The molecule has 1 aliphatic carbocycles. The maximum Gasteiger partial charge on any atom is 0.457 e. The Bertz CT molecular complexity index is 1100. The Morgan fingerprint density at radius 3 is 2.63 bits per heavy atom. The van der Waals surface area contributed by atoms with Crippen molar-refractivity contribution in [3.8, 4) is 0 Å². The Balaban J connectivity index is 1.64. The number of aryl methyl sites for hydroxylation is 1. The van der Waals surface area contributed by atoms with Gasteiger partial charge in [-0.05, 0) is 82.2 Å². The zero-order chi connectivity index (χ0) is 33.0. The van der Waals surface area contributed by atoms with E-state index >= 15 is 0 Å². The van der Waals surface area contributed by atoms with Crippen molar-refractivity contribution in [1.82, 2.24) is 5.32 Å². The highest BCUT2D eigenvalue weighted by Gasteiger charge is 2.49. The fourth-order valence-electron chi connectivity index (χ4n) is 6.24. The molecule has 1 amide bonds. The van der Waals surface area contributed by atoms with Gasteiger partial charge in [-0.3, -0.25) is 9.59 Å². The monoisotopic (exact) mass is 640 g/mol. The van der Waals surface area contributed by atoms with Crippen molar-refractivity contribution in [3.05, 3.63) is 70.3 Å². The number of nitrogens with one attached hydrogen (secondary N) is 1. The highest BCUT2D eigenvalue weighted by molar-refractivity contribution is 6.44. The molecule has 3 rings (SSSR count). The molecule has 1 aliphatic heterocycles. The van der Waals surface area contributed by atoms with Gasteiger partial charge in [0.1, 0.15) is 6.10 Å². The fourth-order valence-corrected chi connectivity index (χ4v) is 6.24. The molecule has 11 heteroatoms. The summed E-state index contributed by atoms with van der Waals surface area (Å²) in [5.41, 5.74) is 1.19. The van der Waals surface area contributed by atoms with Gasteiger partial charge in [0.25, 0.3) is 5.09 Å². The third-order valence-electron chi connectivity index (χ3n) is 8.65. The van der Waals surface area contributed by atoms with Crippen molar-refractivity contribution in [2.24, 2.45) is 11.8 Å². The number of hydrogen-bond acceptors (Lipinski definition) is 8. The lowest BCUT2D eigenvalue weighted by Crippen LogP contribution is -2.37. The van der Waals surface area contributed by atoms with Crippen LogP contribution in [0.5, 0.6) is 0 Å². The molecule has 5 atom stereocenters. The second-order valence-electron chi connectivity index (χ2n) is 12.3. The second kappa shape index (κ2) is 21.6. The van der Waals surface area contributed by atoms with Crippen LogP contribution in [0.15, 0.2) is 54.6 Å². The van der Waals surface area contributed by atoms with Gasteiger partial charge >= 0.3 is 13.1 Å². The molecule has 2 fully saturated rings. The lowest BCUT2D eigenvalue weighted by molar-refractivity contribution is -0.757. The summed E-state index contributed by atoms with van der Waals surface area (Å²) < 4.78 is 18.9. The number of esters is 1. The van der Waals surface area contributed by atoms with Gasteiger partial charge in [0.15, 0.2) is 0 Å². The van der Waals surface area contributed by atoms with E-state index in [1.807, 2.05) is 31.2 Å². The average Bonchev–Trinajstić information content (AvgIpc) is 3.28. The second-order valence-corrected chi connectivity index (χ2v) is 12.3. The van der Waals surface area contributed by atoms with Gasteiger partial charge in [0.05, 0.1) is 12.7 Å². The number of allylic oxidation sites excluding steroid dienone is 2. The summed E-state index contributed by atoms with van der Waals surface area (Å²) >= 11 is 0. The SMILES string of the molecule is CCCCB1O[C@H]2C[C@@H](O1)[C@H](/C=C/[C@H](CCc1ccccc1)OC(=O)CCCCCO[N+](=O)[O-])C2C/C=C\CCCC(=O)NCC. The van der Waals surface area contributed by atoms with Crippen LogP contribution in [0.25, 0.3) is 0 Å². The van der Waals surface area contributed by atoms with Gasteiger partial charge < -0.3 is 24.2 Å². The standard InChI is InChI=1S/C35H53BN2O8/c1-3-5-25-36-45-32-27-33(46-36)31(30(32)18-12-6-7-13-19-34(39)37-4-2)24-23-29(22-21-28-16-10-8-11-17-28)44-35(40)20-14-9-15-26-43-38(41)42/h6,8,10-12,16-17,23-24,29-33H,3-5,7,9,13-15,18-22,25-27H2,1-2H3,(H,37,39)/b12-6-,24-23+/t29-,30?,31+,32-,33+/m0/s1. The zero-order valence-corrected chi connectivity index (χ0v) is 27.7. The Morgan fingerprint density at radius 1 is 1.07 bits per heavy atom. The molecule has 1 heterocycles. The Labute approximate surface area is 274 Å². The predicted octanol–water partition coefficient (Wildman–Crippen LogP) is 6.82. The first-order valence-electron chi connectivity index (χ1n) is 17.3. The highest BCUT2D eigenvalue weighted by Crippen LogP contribution is 2.44. The quantitative estimate of drug-likeness (QED) is 0.0345. The molecule has 1 N–H and O–H groups in total. The molecule has 1 saturated carbocycles. The molecular formula is C35H53BN2O8. The highest BCUT2D eigenvalue weighted by atomic mass is 16.9. The number of fused-ring (bicyclic) bond motifs is 2. The number of unbranched alkanes of at least 4 members (excludes halogenated alkanes) is 4. The zero-order valence-electron chi connectivity index (χ0n) is 27.7. The minimum absolute atomic E-state index is 0.0333. The summed E-state index contributed by atoms with van der Waals surface area (Å²) in [7, 11) is -0.187. The van der Waals surface area contributed by atoms with Gasteiger partial charge in [-0.15, -0.1) is 10.1 Å². The number of carbonyl (C=O) groups is 2. The van der Waals surface area contributed by atoms with Crippen LogP contribution in [0, 0.1) is 22.0 Å². The molecule has 1 unspecified atom stereocenters. The van der Waals surface area contributed by atoms with E-state index in [4.69, 9.17) is 14.0 Å². The number of ether oxygens (including phenoxy) is 1. The molecule has 10 nitrogen and oxygen atoms in total. The molecule has 0 radical (unpaired) electrons. The van der Waals surface area contributed by atoms with E-state index in [0.717, 1.165) is 51.3 Å². The minimum atomic E-state index is -0.795. The summed E-state index contributed by atoms with van der Waals surface area (Å²) in [4.78, 5) is 39.3. The molecule has 1 saturated heterocycles. The van der Waals surface area contributed by atoms with Crippen LogP contribution in [-0.2, 0) is 34.9 Å². The topological polar surface area (TPSA) is 126 Å². The molecule has 46 heavy (non-hydrogen) atoms. The summed E-state index contributed by atoms with van der Waals surface area (Å²) in [6.07, 6.45) is 18.8. The smallest absolute Gasteiger partial charge is 0.457 e. The van der Waals surface area contributed by atoms with Crippen LogP contribution >= 0.6 is 0 Å². The van der Waals surface area contributed by atoms with Crippen LogP contribution in [0.2, 0.25) is 6.32 Å². The Hall–Kier alpha value is -3.18. The van der Waals surface area contributed by atoms with Gasteiger partial charge in [-0.1, -0.05) is 74.7 Å². The van der Waals surface area contributed by atoms with E-state index < -0.39 is 5.09 Å². The largest absolute Gasteiger partial charge is 0.458 e. The van der Waals surface area contributed by atoms with Gasteiger partial charge in [0, 0.05) is 31.4 Å². The van der Waals surface area contributed by atoms with Crippen LogP contribution < -0.4 is 5.32 Å². The van der Waals surface area contributed by atoms with E-state index in [0.29, 0.717) is 38.6 Å². The Morgan fingerprint density at radius 2 is 1.87 bits per heavy atom. The van der Waals surface area contributed by atoms with Crippen molar-refractivity contribution in [1.29, 1.82) is 0 Å². The summed E-state index contributed by atoms with van der Waals surface area (Å²) in [6.45, 7) is 4.79. The van der Waals surface area contributed by atoms with E-state index in [2.05, 4.69) is 47.4 Å².